The molecule has 0 spiro atoms. The molecule has 1 aromatic carbocycles. The molecule has 1 aliphatic rings. The molecule has 1 amide bonds. The Balaban J connectivity index is 1.42. The van der Waals surface area contributed by atoms with E-state index in [0.717, 1.165) is 41.6 Å². The average Bonchev–Trinajstić information content (AvgIpc) is 3.24. The lowest BCUT2D eigenvalue weighted by atomic mass is 10.1. The van der Waals surface area contributed by atoms with Crippen molar-refractivity contribution in [1.29, 1.82) is 0 Å². The summed E-state index contributed by atoms with van der Waals surface area (Å²) in [7, 11) is 1.62. The smallest absolute Gasteiger partial charge is 0.244 e. The molecule has 0 aliphatic carbocycles. The minimum Gasteiger partial charge on any atom is -0.495 e. The molecule has 0 unspecified atom stereocenters. The van der Waals surface area contributed by atoms with Gasteiger partial charge in [-0.05, 0) is 48.4 Å². The highest BCUT2D eigenvalue weighted by atomic mass is 19.1. The maximum absolute atomic E-state index is 13.3. The molecule has 1 saturated heterocycles. The van der Waals surface area contributed by atoms with Crippen LogP contribution in [0.5, 0.6) is 5.75 Å². The summed E-state index contributed by atoms with van der Waals surface area (Å²) in [6.45, 7) is 7.06. The number of carbonyl (C=O) groups is 1. The van der Waals surface area contributed by atoms with E-state index in [2.05, 4.69) is 28.8 Å². The van der Waals surface area contributed by atoms with Crippen molar-refractivity contribution >= 4 is 11.7 Å². The second kappa shape index (κ2) is 9.38. The first kappa shape index (κ1) is 21.8. The van der Waals surface area contributed by atoms with Crippen LogP contribution in [-0.2, 0) is 11.3 Å². The van der Waals surface area contributed by atoms with E-state index in [9.17, 15) is 9.18 Å². The molecule has 7 nitrogen and oxygen atoms in total. The first-order valence-corrected chi connectivity index (χ1v) is 10.8. The molecule has 0 bridgehead atoms. The van der Waals surface area contributed by atoms with Gasteiger partial charge in [0.1, 0.15) is 23.9 Å². The van der Waals surface area contributed by atoms with Gasteiger partial charge >= 0.3 is 0 Å². The van der Waals surface area contributed by atoms with Crippen molar-refractivity contribution < 1.29 is 13.9 Å². The minimum atomic E-state index is -0.281. The third-order valence-corrected chi connectivity index (χ3v) is 5.74. The van der Waals surface area contributed by atoms with Crippen molar-refractivity contribution in [3.05, 3.63) is 60.2 Å². The molecular weight excluding hydrogens is 409 g/mol. The highest BCUT2D eigenvalue weighted by Gasteiger charge is 2.24. The van der Waals surface area contributed by atoms with Crippen molar-refractivity contribution in [3.8, 4) is 17.0 Å². The Morgan fingerprint density at radius 3 is 2.41 bits per heavy atom. The number of nitrogens with zero attached hydrogens (tertiary/aromatic N) is 5. The number of aromatic nitrogens is 3. The van der Waals surface area contributed by atoms with E-state index in [1.54, 1.807) is 30.1 Å². The van der Waals surface area contributed by atoms with Gasteiger partial charge < -0.3 is 14.5 Å². The number of pyridine rings is 1. The molecular formula is C24H28FN5O2. The zero-order chi connectivity index (χ0) is 22.7. The molecule has 3 aromatic rings. The summed E-state index contributed by atoms with van der Waals surface area (Å²) >= 11 is 0. The minimum absolute atomic E-state index is 0.0444. The lowest BCUT2D eigenvalue weighted by molar-refractivity contribution is -0.132. The number of anilines is 1. The molecule has 2 aromatic heterocycles. The second-order valence-corrected chi connectivity index (χ2v) is 8.20. The third-order valence-electron chi connectivity index (χ3n) is 5.74. The van der Waals surface area contributed by atoms with E-state index < -0.39 is 0 Å². The van der Waals surface area contributed by atoms with Gasteiger partial charge in [-0.1, -0.05) is 13.8 Å². The van der Waals surface area contributed by atoms with Crippen LogP contribution in [0.2, 0.25) is 0 Å². The Morgan fingerprint density at radius 2 is 1.81 bits per heavy atom. The molecule has 168 valence electrons. The van der Waals surface area contributed by atoms with E-state index in [4.69, 9.17) is 4.74 Å². The van der Waals surface area contributed by atoms with Crippen molar-refractivity contribution in [1.82, 2.24) is 19.7 Å². The quantitative estimate of drug-likeness (QED) is 0.590. The highest BCUT2D eigenvalue weighted by molar-refractivity contribution is 5.76. The SMILES string of the molecule is COc1ccc(N2CCN(C(=O)Cn3nc(-c4ccc(F)cc4)cc3C(C)C)CC2)nc1. The number of methoxy groups -OCH3 is 1. The van der Waals surface area contributed by atoms with Gasteiger partial charge in [0, 0.05) is 37.4 Å². The van der Waals surface area contributed by atoms with E-state index in [1.807, 2.05) is 23.1 Å². The first-order valence-electron chi connectivity index (χ1n) is 10.8. The molecule has 3 heterocycles. The fourth-order valence-electron chi connectivity index (χ4n) is 3.88. The van der Waals surface area contributed by atoms with Crippen LogP contribution in [-0.4, -0.2) is 58.9 Å². The number of amides is 1. The van der Waals surface area contributed by atoms with E-state index in [1.165, 1.54) is 12.1 Å². The number of carbonyl (C=O) groups excluding carboxylic acids is 1. The number of hydrogen-bond donors (Lipinski definition) is 0. The third kappa shape index (κ3) is 4.74. The van der Waals surface area contributed by atoms with Crippen LogP contribution in [0.15, 0.2) is 48.7 Å². The number of halogens is 1. The molecule has 8 heteroatoms. The monoisotopic (exact) mass is 437 g/mol. The number of rotatable bonds is 6. The van der Waals surface area contributed by atoms with Crippen molar-refractivity contribution in [2.45, 2.75) is 26.3 Å². The zero-order valence-corrected chi connectivity index (χ0v) is 18.7. The number of benzene rings is 1. The normalized spacial score (nSPS) is 14.2. The Kier molecular flexibility index (Phi) is 6.39. The fourth-order valence-corrected chi connectivity index (χ4v) is 3.88. The van der Waals surface area contributed by atoms with Crippen LogP contribution >= 0.6 is 0 Å². The summed E-state index contributed by atoms with van der Waals surface area (Å²) in [6.07, 6.45) is 1.71. The van der Waals surface area contributed by atoms with Gasteiger partial charge in [0.15, 0.2) is 0 Å². The number of piperazine rings is 1. The molecule has 4 rings (SSSR count). The molecule has 1 aliphatic heterocycles. The van der Waals surface area contributed by atoms with Crippen LogP contribution in [0, 0.1) is 5.82 Å². The Morgan fingerprint density at radius 1 is 1.09 bits per heavy atom. The van der Waals surface area contributed by atoms with Gasteiger partial charge in [0.2, 0.25) is 5.91 Å². The standard InChI is InChI=1S/C24H28FN5O2/c1-17(2)22-14-21(18-4-6-19(25)7-5-18)27-30(22)16-24(31)29-12-10-28(11-13-29)23-9-8-20(32-3)15-26-23/h4-9,14-15,17H,10-13,16H2,1-3H3. The van der Waals surface area contributed by atoms with Gasteiger partial charge in [-0.15, -0.1) is 0 Å². The largest absolute Gasteiger partial charge is 0.495 e. The fraction of sp³-hybridized carbons (Fsp3) is 0.375. The van der Waals surface area contributed by atoms with Gasteiger partial charge in [-0.2, -0.15) is 5.10 Å². The van der Waals surface area contributed by atoms with Gasteiger partial charge in [-0.25, -0.2) is 9.37 Å². The first-order chi connectivity index (χ1) is 15.4. The van der Waals surface area contributed by atoms with Crippen LogP contribution in [0.3, 0.4) is 0 Å². The van der Waals surface area contributed by atoms with Crippen molar-refractivity contribution in [2.75, 3.05) is 38.2 Å². The summed E-state index contributed by atoms with van der Waals surface area (Å²) in [5.41, 5.74) is 2.57. The van der Waals surface area contributed by atoms with Crippen LogP contribution < -0.4 is 9.64 Å². The molecule has 1 fully saturated rings. The average molecular weight is 438 g/mol. The number of hydrogen-bond acceptors (Lipinski definition) is 5. The van der Waals surface area contributed by atoms with Crippen molar-refractivity contribution in [3.63, 3.8) is 0 Å². The Hall–Kier alpha value is -3.42. The van der Waals surface area contributed by atoms with Crippen LogP contribution in [0.4, 0.5) is 10.2 Å². The van der Waals surface area contributed by atoms with E-state index >= 15 is 0 Å². The van der Waals surface area contributed by atoms with Gasteiger partial charge in [0.25, 0.3) is 0 Å². The summed E-state index contributed by atoms with van der Waals surface area (Å²) < 4.78 is 20.2. The van der Waals surface area contributed by atoms with E-state index in [-0.39, 0.29) is 24.2 Å². The topological polar surface area (TPSA) is 63.5 Å². The van der Waals surface area contributed by atoms with Crippen LogP contribution in [0.25, 0.3) is 11.3 Å². The maximum atomic E-state index is 13.3. The van der Waals surface area contributed by atoms with Gasteiger partial charge in [-0.3, -0.25) is 9.48 Å². The van der Waals surface area contributed by atoms with Crippen molar-refractivity contribution in [2.24, 2.45) is 0 Å². The summed E-state index contributed by atoms with van der Waals surface area (Å²) in [5.74, 6) is 1.58. The predicted octanol–water partition coefficient (Wildman–Crippen LogP) is 3.57. The lowest BCUT2D eigenvalue weighted by Crippen LogP contribution is -2.50. The molecule has 0 atom stereocenters. The molecule has 0 saturated carbocycles. The summed E-state index contributed by atoms with van der Waals surface area (Å²) in [4.78, 5) is 21.5. The molecule has 0 radical (unpaired) electrons. The summed E-state index contributed by atoms with van der Waals surface area (Å²) in [6, 6.07) is 12.1. The maximum Gasteiger partial charge on any atom is 0.244 e. The Labute approximate surface area is 187 Å². The summed E-state index contributed by atoms with van der Waals surface area (Å²) in [5, 5.41) is 4.66. The highest BCUT2D eigenvalue weighted by Crippen LogP contribution is 2.24. The lowest BCUT2D eigenvalue weighted by Gasteiger charge is -2.35. The van der Waals surface area contributed by atoms with E-state index in [0.29, 0.717) is 13.1 Å². The molecule has 0 N–H and O–H groups in total. The van der Waals surface area contributed by atoms with Crippen LogP contribution in [0.1, 0.15) is 25.5 Å². The zero-order valence-electron chi connectivity index (χ0n) is 18.7. The number of ether oxygens (including phenoxy) is 1. The Bertz CT molecular complexity index is 1050. The molecule has 32 heavy (non-hydrogen) atoms. The predicted molar refractivity (Wildman–Crippen MR) is 121 cm³/mol. The van der Waals surface area contributed by atoms with Gasteiger partial charge in [0.05, 0.1) is 19.0 Å². The second-order valence-electron chi connectivity index (χ2n) is 8.20.